The molecule has 6 rings (SSSR count). The van der Waals surface area contributed by atoms with Crippen molar-refractivity contribution in [3.8, 4) is 23.0 Å². The minimum absolute atomic E-state index is 0.0453. The molecule has 1 saturated heterocycles. The number of ketones is 1. The smallest absolute Gasteiger partial charge is 0.301 e. The second-order valence-electron chi connectivity index (χ2n) is 8.86. The molecule has 1 aromatic heterocycles. The third-order valence-corrected chi connectivity index (χ3v) is 7.57. The first-order valence-corrected chi connectivity index (χ1v) is 13.2. The second kappa shape index (κ2) is 9.95. The number of amides is 1. The number of aromatic nitrogens is 1. The lowest BCUT2D eigenvalue weighted by molar-refractivity contribution is -0.132. The zero-order chi connectivity index (χ0) is 27.1. The van der Waals surface area contributed by atoms with Gasteiger partial charge in [-0.15, -0.1) is 0 Å². The molecule has 198 valence electrons. The summed E-state index contributed by atoms with van der Waals surface area (Å²) in [5.74, 6) is 0.408. The van der Waals surface area contributed by atoms with Gasteiger partial charge in [0.2, 0.25) is 0 Å². The predicted octanol–water partition coefficient (Wildman–Crippen LogP) is 5.10. The Morgan fingerprint density at radius 1 is 1.03 bits per heavy atom. The number of hydrogen-bond donors (Lipinski definition) is 1. The van der Waals surface area contributed by atoms with Crippen LogP contribution in [0.5, 0.6) is 23.0 Å². The van der Waals surface area contributed by atoms with Crippen LogP contribution in [0.4, 0.5) is 5.13 Å². The Bertz CT molecular complexity index is 1630. The van der Waals surface area contributed by atoms with Gasteiger partial charge in [0.05, 0.1) is 35.5 Å². The minimum Gasteiger partial charge on any atom is -0.507 e. The van der Waals surface area contributed by atoms with Gasteiger partial charge < -0.3 is 24.1 Å². The van der Waals surface area contributed by atoms with Crippen molar-refractivity contribution < 1.29 is 33.6 Å². The lowest BCUT2D eigenvalue weighted by Crippen LogP contribution is -2.29. The summed E-state index contributed by atoms with van der Waals surface area (Å²) in [6.45, 7) is 3.21. The zero-order valence-electron chi connectivity index (χ0n) is 21.2. The molecular formula is C29H24N2O7S. The van der Waals surface area contributed by atoms with Crippen LogP contribution in [0.3, 0.4) is 0 Å². The highest BCUT2D eigenvalue weighted by Gasteiger charge is 2.48. The summed E-state index contributed by atoms with van der Waals surface area (Å²) in [7, 11) is 1.56. The molecule has 2 aliphatic heterocycles. The molecule has 2 aliphatic rings. The van der Waals surface area contributed by atoms with Crippen molar-refractivity contribution in [2.24, 2.45) is 0 Å². The number of hydrogen-bond acceptors (Lipinski definition) is 9. The Balaban J connectivity index is 1.50. The highest BCUT2D eigenvalue weighted by molar-refractivity contribution is 7.22. The summed E-state index contributed by atoms with van der Waals surface area (Å²) in [5, 5.41) is 11.8. The molecular weight excluding hydrogens is 520 g/mol. The van der Waals surface area contributed by atoms with E-state index in [-0.39, 0.29) is 11.3 Å². The average molecular weight is 545 g/mol. The predicted molar refractivity (Wildman–Crippen MR) is 146 cm³/mol. The topological polar surface area (TPSA) is 107 Å². The number of Topliss-reactive ketones (excluding diaryl/α,β-unsaturated/α-hetero) is 1. The van der Waals surface area contributed by atoms with E-state index in [0.717, 1.165) is 4.70 Å². The minimum atomic E-state index is -0.920. The van der Waals surface area contributed by atoms with Crippen molar-refractivity contribution in [1.29, 1.82) is 0 Å². The molecule has 3 heterocycles. The van der Waals surface area contributed by atoms with E-state index in [1.165, 1.54) is 16.2 Å². The standard InChI is InChI=1S/C29H24N2O7S/c1-3-36-19-9-10-20-23(15-19)39-29(30-20)31-25(16-4-7-18(35-2)8-5-16)24(27(33)28(31)34)26(32)17-6-11-21-22(14-17)38-13-12-37-21/h4-11,14-15,25,32H,3,12-13H2,1-2H3/b26-24+/t25-/m1/s1. The van der Waals surface area contributed by atoms with Gasteiger partial charge in [0.1, 0.15) is 30.5 Å². The van der Waals surface area contributed by atoms with Crippen LogP contribution in [0.15, 0.2) is 66.2 Å². The molecule has 1 amide bonds. The number of carbonyl (C=O) groups excluding carboxylic acids is 2. The van der Waals surface area contributed by atoms with Crippen LogP contribution < -0.4 is 23.8 Å². The lowest BCUT2D eigenvalue weighted by Gasteiger charge is -2.23. The quantitative estimate of drug-likeness (QED) is 0.203. The Morgan fingerprint density at radius 3 is 2.51 bits per heavy atom. The lowest BCUT2D eigenvalue weighted by atomic mass is 9.95. The number of carbonyl (C=O) groups is 2. The van der Waals surface area contributed by atoms with Gasteiger partial charge in [-0.25, -0.2) is 4.98 Å². The Morgan fingerprint density at radius 2 is 1.77 bits per heavy atom. The van der Waals surface area contributed by atoms with Crippen LogP contribution in [0.25, 0.3) is 16.0 Å². The van der Waals surface area contributed by atoms with Gasteiger partial charge in [0.15, 0.2) is 16.6 Å². The summed E-state index contributed by atoms with van der Waals surface area (Å²) in [6.07, 6.45) is 0. The van der Waals surface area contributed by atoms with Crippen molar-refractivity contribution in [3.63, 3.8) is 0 Å². The second-order valence-corrected chi connectivity index (χ2v) is 9.87. The van der Waals surface area contributed by atoms with E-state index in [9.17, 15) is 14.7 Å². The molecule has 0 saturated carbocycles. The van der Waals surface area contributed by atoms with Gasteiger partial charge in [-0.1, -0.05) is 23.5 Å². The van der Waals surface area contributed by atoms with Crippen molar-refractivity contribution >= 4 is 44.1 Å². The van der Waals surface area contributed by atoms with Gasteiger partial charge >= 0.3 is 5.91 Å². The molecule has 39 heavy (non-hydrogen) atoms. The zero-order valence-corrected chi connectivity index (χ0v) is 22.0. The summed E-state index contributed by atoms with van der Waals surface area (Å²) < 4.78 is 23.0. The number of methoxy groups -OCH3 is 1. The molecule has 0 radical (unpaired) electrons. The molecule has 0 aliphatic carbocycles. The summed E-state index contributed by atoms with van der Waals surface area (Å²) in [6, 6.07) is 16.5. The van der Waals surface area contributed by atoms with Crippen molar-refractivity contribution in [3.05, 3.63) is 77.4 Å². The van der Waals surface area contributed by atoms with E-state index in [0.29, 0.717) is 64.6 Å². The van der Waals surface area contributed by atoms with E-state index in [2.05, 4.69) is 4.98 Å². The molecule has 1 atom stereocenters. The summed E-state index contributed by atoms with van der Waals surface area (Å²) in [4.78, 5) is 33.1. The molecule has 0 spiro atoms. The van der Waals surface area contributed by atoms with Crippen LogP contribution in [-0.4, -0.2) is 48.7 Å². The van der Waals surface area contributed by atoms with Crippen molar-refractivity contribution in [2.45, 2.75) is 13.0 Å². The maximum Gasteiger partial charge on any atom is 0.301 e. The third kappa shape index (κ3) is 4.32. The fraction of sp³-hybridized carbons (Fsp3) is 0.207. The van der Waals surface area contributed by atoms with E-state index in [4.69, 9.17) is 18.9 Å². The van der Waals surface area contributed by atoms with Crippen molar-refractivity contribution in [1.82, 2.24) is 4.98 Å². The largest absolute Gasteiger partial charge is 0.507 e. The molecule has 1 fully saturated rings. The number of rotatable bonds is 6. The van der Waals surface area contributed by atoms with Gasteiger partial charge in [-0.05, 0) is 61.0 Å². The monoisotopic (exact) mass is 544 g/mol. The van der Waals surface area contributed by atoms with Gasteiger partial charge in [0, 0.05) is 5.56 Å². The summed E-state index contributed by atoms with van der Waals surface area (Å²) in [5.41, 5.74) is 1.57. The van der Waals surface area contributed by atoms with Crippen LogP contribution in [0, 0.1) is 0 Å². The van der Waals surface area contributed by atoms with Crippen molar-refractivity contribution in [2.75, 3.05) is 31.8 Å². The Hall–Kier alpha value is -4.57. The van der Waals surface area contributed by atoms with Crippen LogP contribution in [0.1, 0.15) is 24.1 Å². The van der Waals surface area contributed by atoms with Crippen LogP contribution in [0.2, 0.25) is 0 Å². The fourth-order valence-electron chi connectivity index (χ4n) is 4.73. The molecule has 10 heteroatoms. The van der Waals surface area contributed by atoms with Crippen LogP contribution >= 0.6 is 11.3 Å². The third-order valence-electron chi connectivity index (χ3n) is 6.56. The van der Waals surface area contributed by atoms with E-state index in [1.54, 1.807) is 49.6 Å². The van der Waals surface area contributed by atoms with E-state index < -0.39 is 17.7 Å². The number of anilines is 1. The van der Waals surface area contributed by atoms with Gasteiger partial charge in [-0.3, -0.25) is 14.5 Å². The number of aliphatic hydroxyl groups excluding tert-OH is 1. The SMILES string of the molecule is CCOc1ccc2nc(N3C(=O)C(=O)/C(=C(/O)c4ccc5c(c4)OCCO5)[C@H]3c3ccc(OC)cc3)sc2c1. The average Bonchev–Trinajstić information content (AvgIpc) is 3.50. The normalized spacial score (nSPS) is 18.0. The van der Waals surface area contributed by atoms with E-state index in [1.807, 2.05) is 25.1 Å². The van der Waals surface area contributed by atoms with E-state index >= 15 is 0 Å². The first-order chi connectivity index (χ1) is 19.0. The number of thiazole rings is 1. The Kier molecular flexibility index (Phi) is 6.32. The Labute approximate surface area is 227 Å². The molecule has 0 bridgehead atoms. The number of fused-ring (bicyclic) bond motifs is 2. The number of benzene rings is 3. The first-order valence-electron chi connectivity index (χ1n) is 12.4. The van der Waals surface area contributed by atoms with Gasteiger partial charge in [0.25, 0.3) is 5.78 Å². The highest BCUT2D eigenvalue weighted by Crippen LogP contribution is 2.45. The van der Waals surface area contributed by atoms with Crippen LogP contribution in [-0.2, 0) is 9.59 Å². The highest BCUT2D eigenvalue weighted by atomic mass is 32.1. The molecule has 9 nitrogen and oxygen atoms in total. The number of aliphatic hydroxyl groups is 1. The maximum atomic E-state index is 13.5. The number of nitrogens with zero attached hydrogens (tertiary/aromatic N) is 2. The molecule has 4 aromatic rings. The fourth-order valence-corrected chi connectivity index (χ4v) is 5.75. The molecule has 1 N–H and O–H groups in total. The van der Waals surface area contributed by atoms with Gasteiger partial charge in [-0.2, -0.15) is 0 Å². The summed E-state index contributed by atoms with van der Waals surface area (Å²) >= 11 is 1.27. The first kappa shape index (κ1) is 24.7. The molecule has 0 unspecified atom stereocenters. The number of ether oxygens (including phenoxy) is 4. The molecule has 3 aromatic carbocycles. The maximum absolute atomic E-state index is 13.5.